The van der Waals surface area contributed by atoms with E-state index in [9.17, 15) is 0 Å². The molecular formula is C14H10Cl2N2OS. The van der Waals surface area contributed by atoms with Crippen molar-refractivity contribution in [2.75, 3.05) is 5.73 Å². The van der Waals surface area contributed by atoms with Crippen molar-refractivity contribution in [2.45, 2.75) is 6.92 Å². The third kappa shape index (κ3) is 2.30. The number of hydrogen-bond donors (Lipinski definition) is 1. The van der Waals surface area contributed by atoms with E-state index in [-0.39, 0.29) is 5.88 Å². The van der Waals surface area contributed by atoms with Crippen molar-refractivity contribution in [3.63, 3.8) is 0 Å². The molecule has 0 spiro atoms. The summed E-state index contributed by atoms with van der Waals surface area (Å²) in [5.41, 5.74) is 10.1. The number of aromatic nitrogens is 1. The van der Waals surface area contributed by atoms with Gasteiger partial charge in [0.25, 0.3) is 0 Å². The van der Waals surface area contributed by atoms with Gasteiger partial charge in [-0.05, 0) is 18.6 Å². The monoisotopic (exact) mass is 324 g/mol. The molecule has 0 saturated heterocycles. The zero-order valence-corrected chi connectivity index (χ0v) is 12.8. The van der Waals surface area contributed by atoms with Crippen molar-refractivity contribution in [3.05, 3.63) is 44.6 Å². The molecule has 0 atom stereocenters. The third-order valence-corrected chi connectivity index (χ3v) is 4.42. The number of aryl methyl sites for hydroxylation is 1. The molecule has 0 radical (unpaired) electrons. The highest BCUT2D eigenvalue weighted by Crippen LogP contribution is 2.43. The number of halogens is 2. The Kier molecular flexibility index (Phi) is 3.46. The SMILES string of the molecule is Cc1cccc(-c2c(-c3cc(Cl)sc3Cl)noc2N)c1. The van der Waals surface area contributed by atoms with Gasteiger partial charge < -0.3 is 10.3 Å². The average molecular weight is 325 g/mol. The summed E-state index contributed by atoms with van der Waals surface area (Å²) in [5.74, 6) is 0.268. The van der Waals surface area contributed by atoms with Gasteiger partial charge in [0.05, 0.1) is 9.90 Å². The van der Waals surface area contributed by atoms with E-state index in [1.54, 1.807) is 6.07 Å². The van der Waals surface area contributed by atoms with Crippen molar-refractivity contribution in [2.24, 2.45) is 0 Å². The fourth-order valence-electron chi connectivity index (χ4n) is 2.07. The smallest absolute Gasteiger partial charge is 0.230 e. The third-order valence-electron chi connectivity index (χ3n) is 2.94. The molecular weight excluding hydrogens is 315 g/mol. The summed E-state index contributed by atoms with van der Waals surface area (Å²) in [6, 6.07) is 9.73. The molecule has 20 heavy (non-hydrogen) atoms. The van der Waals surface area contributed by atoms with Crippen LogP contribution in [0.1, 0.15) is 5.56 Å². The van der Waals surface area contributed by atoms with Crippen LogP contribution in [0, 0.1) is 6.92 Å². The fourth-order valence-corrected chi connectivity index (χ4v) is 3.53. The quantitative estimate of drug-likeness (QED) is 0.698. The predicted molar refractivity (Wildman–Crippen MR) is 84.4 cm³/mol. The van der Waals surface area contributed by atoms with Gasteiger partial charge in [0.2, 0.25) is 5.88 Å². The van der Waals surface area contributed by atoms with Gasteiger partial charge in [-0.3, -0.25) is 0 Å². The molecule has 2 N–H and O–H groups in total. The van der Waals surface area contributed by atoms with Crippen LogP contribution in [0.4, 0.5) is 5.88 Å². The van der Waals surface area contributed by atoms with Crippen LogP contribution in [0.25, 0.3) is 22.4 Å². The minimum absolute atomic E-state index is 0.268. The van der Waals surface area contributed by atoms with Crippen LogP contribution in [-0.4, -0.2) is 5.16 Å². The van der Waals surface area contributed by atoms with Crippen LogP contribution >= 0.6 is 34.5 Å². The van der Waals surface area contributed by atoms with Gasteiger partial charge in [0.1, 0.15) is 10.0 Å². The maximum absolute atomic E-state index is 6.19. The number of benzene rings is 1. The molecule has 3 rings (SSSR count). The van der Waals surface area contributed by atoms with E-state index in [0.29, 0.717) is 14.4 Å². The van der Waals surface area contributed by atoms with Crippen molar-refractivity contribution in [3.8, 4) is 22.4 Å². The van der Waals surface area contributed by atoms with Gasteiger partial charge in [0.15, 0.2) is 0 Å². The van der Waals surface area contributed by atoms with Crippen LogP contribution in [0.2, 0.25) is 8.67 Å². The number of anilines is 1. The molecule has 0 aliphatic rings. The van der Waals surface area contributed by atoms with E-state index in [1.165, 1.54) is 11.3 Å². The molecule has 1 aromatic carbocycles. The number of thiophene rings is 1. The summed E-state index contributed by atoms with van der Waals surface area (Å²) >= 11 is 13.5. The van der Waals surface area contributed by atoms with E-state index in [4.69, 9.17) is 33.5 Å². The second-order valence-electron chi connectivity index (χ2n) is 4.38. The lowest BCUT2D eigenvalue weighted by molar-refractivity contribution is 0.439. The molecule has 0 fully saturated rings. The highest BCUT2D eigenvalue weighted by atomic mass is 35.5. The zero-order chi connectivity index (χ0) is 14.3. The van der Waals surface area contributed by atoms with Gasteiger partial charge in [-0.2, -0.15) is 0 Å². The van der Waals surface area contributed by atoms with Gasteiger partial charge in [0, 0.05) is 5.56 Å². The second-order valence-corrected chi connectivity index (χ2v) is 6.66. The Hall–Kier alpha value is -1.49. The summed E-state index contributed by atoms with van der Waals surface area (Å²) in [7, 11) is 0. The molecule has 6 heteroatoms. The van der Waals surface area contributed by atoms with Crippen LogP contribution in [0.3, 0.4) is 0 Å². The molecule has 102 valence electrons. The highest BCUT2D eigenvalue weighted by Gasteiger charge is 2.21. The predicted octanol–water partition coefficient (Wildman–Crippen LogP) is 5.27. The zero-order valence-electron chi connectivity index (χ0n) is 10.5. The summed E-state index contributed by atoms with van der Waals surface area (Å²) in [4.78, 5) is 0. The minimum Gasteiger partial charge on any atom is -0.367 e. The molecule has 0 bridgehead atoms. The maximum atomic E-state index is 6.19. The Morgan fingerprint density at radius 3 is 2.70 bits per heavy atom. The van der Waals surface area contributed by atoms with E-state index >= 15 is 0 Å². The maximum Gasteiger partial charge on any atom is 0.230 e. The lowest BCUT2D eigenvalue weighted by atomic mass is 10.0. The number of hydrogen-bond acceptors (Lipinski definition) is 4. The van der Waals surface area contributed by atoms with Crippen molar-refractivity contribution in [1.29, 1.82) is 0 Å². The molecule has 0 aliphatic heterocycles. The number of nitrogens with two attached hydrogens (primary N) is 1. The molecule has 0 aliphatic carbocycles. The Balaban J connectivity index is 2.22. The fraction of sp³-hybridized carbons (Fsp3) is 0.0714. The number of nitrogen functional groups attached to an aromatic ring is 1. The van der Waals surface area contributed by atoms with Gasteiger partial charge in [-0.1, -0.05) is 58.2 Å². The molecule has 0 unspecified atom stereocenters. The van der Waals surface area contributed by atoms with Gasteiger partial charge >= 0.3 is 0 Å². The largest absolute Gasteiger partial charge is 0.367 e. The first-order chi connectivity index (χ1) is 9.56. The van der Waals surface area contributed by atoms with E-state index in [0.717, 1.165) is 22.3 Å². The number of rotatable bonds is 2. The molecule has 3 nitrogen and oxygen atoms in total. The summed E-state index contributed by atoms with van der Waals surface area (Å²) < 4.78 is 6.30. The van der Waals surface area contributed by atoms with Crippen molar-refractivity contribution >= 4 is 40.4 Å². The van der Waals surface area contributed by atoms with E-state index in [2.05, 4.69) is 5.16 Å². The lowest BCUT2D eigenvalue weighted by Gasteiger charge is -2.03. The normalized spacial score (nSPS) is 10.9. The van der Waals surface area contributed by atoms with Crippen LogP contribution in [0.15, 0.2) is 34.9 Å². The number of nitrogens with zero attached hydrogens (tertiary/aromatic N) is 1. The van der Waals surface area contributed by atoms with Gasteiger partial charge in [-0.25, -0.2) is 0 Å². The van der Waals surface area contributed by atoms with Crippen molar-refractivity contribution < 1.29 is 4.52 Å². The summed E-state index contributed by atoms with van der Waals surface area (Å²) in [5, 5.41) is 4.03. The van der Waals surface area contributed by atoms with E-state index in [1.807, 2.05) is 31.2 Å². The Labute approximate surface area is 129 Å². The summed E-state index contributed by atoms with van der Waals surface area (Å²) in [6.45, 7) is 2.02. The van der Waals surface area contributed by atoms with Crippen LogP contribution in [-0.2, 0) is 0 Å². The first-order valence-corrected chi connectivity index (χ1v) is 7.41. The van der Waals surface area contributed by atoms with Crippen LogP contribution < -0.4 is 5.73 Å². The lowest BCUT2D eigenvalue weighted by Crippen LogP contribution is -1.88. The van der Waals surface area contributed by atoms with Crippen LogP contribution in [0.5, 0.6) is 0 Å². The van der Waals surface area contributed by atoms with Crippen molar-refractivity contribution in [1.82, 2.24) is 5.16 Å². The molecule has 3 aromatic rings. The Morgan fingerprint density at radius 2 is 2.05 bits per heavy atom. The van der Waals surface area contributed by atoms with E-state index < -0.39 is 0 Å². The molecule has 0 amide bonds. The Morgan fingerprint density at radius 1 is 1.25 bits per heavy atom. The molecule has 0 saturated carbocycles. The topological polar surface area (TPSA) is 52.0 Å². The highest BCUT2D eigenvalue weighted by molar-refractivity contribution is 7.20. The first-order valence-electron chi connectivity index (χ1n) is 5.83. The second kappa shape index (κ2) is 5.13. The molecule has 2 aromatic heterocycles. The Bertz CT molecular complexity index is 779. The summed E-state index contributed by atoms with van der Waals surface area (Å²) in [6.07, 6.45) is 0. The minimum atomic E-state index is 0.268. The van der Waals surface area contributed by atoms with Gasteiger partial charge in [-0.15, -0.1) is 11.3 Å². The molecule has 2 heterocycles. The first kappa shape index (κ1) is 13.5. The standard InChI is InChI=1S/C14H10Cl2N2OS/c1-7-3-2-4-8(5-7)11-12(18-19-14(11)17)9-6-10(15)20-13(9)16/h2-6H,17H2,1H3. The average Bonchev–Trinajstić information content (AvgIpc) is 2.92.